The van der Waals surface area contributed by atoms with E-state index in [0.29, 0.717) is 25.7 Å². The van der Waals surface area contributed by atoms with Gasteiger partial charge < -0.3 is 25.0 Å². The summed E-state index contributed by atoms with van der Waals surface area (Å²) in [5.41, 5.74) is 1.05. The van der Waals surface area contributed by atoms with Crippen LogP contribution in [0, 0.1) is 0 Å². The average Bonchev–Trinajstić information content (AvgIpc) is 2.59. The summed E-state index contributed by atoms with van der Waals surface area (Å²) in [4.78, 5) is 18.1. The Balaban J connectivity index is 2.68. The second-order valence-electron chi connectivity index (χ2n) is 5.18. The lowest BCUT2D eigenvalue weighted by atomic mass is 10.2. The maximum Gasteiger partial charge on any atom is 0.241 e. The molecular formula is C17H28N4O3. The number of methoxy groups -OCH3 is 2. The molecule has 24 heavy (non-hydrogen) atoms. The summed E-state index contributed by atoms with van der Waals surface area (Å²) in [5.74, 6) is 1.37. The number of guanidine groups is 1. The SMILES string of the molecule is CCNC(=NCC(=O)NCCOC)N(C)Cc1ccccc1OC. The molecule has 1 rings (SSSR count). The smallest absolute Gasteiger partial charge is 0.241 e. The number of aliphatic imine (C=N–C) groups is 1. The summed E-state index contributed by atoms with van der Waals surface area (Å²) < 4.78 is 10.3. The molecule has 0 atom stereocenters. The number of hydrogen-bond acceptors (Lipinski definition) is 4. The van der Waals surface area contributed by atoms with Crippen LogP contribution < -0.4 is 15.4 Å². The van der Waals surface area contributed by atoms with Gasteiger partial charge in [0.1, 0.15) is 12.3 Å². The van der Waals surface area contributed by atoms with Gasteiger partial charge in [-0.3, -0.25) is 4.79 Å². The number of benzene rings is 1. The Labute approximate surface area is 144 Å². The maximum atomic E-state index is 11.8. The van der Waals surface area contributed by atoms with Crippen LogP contribution in [0.1, 0.15) is 12.5 Å². The molecular weight excluding hydrogens is 308 g/mol. The standard InChI is InChI=1S/C17H28N4O3/c1-5-18-17(20-12-16(22)19-10-11-23-3)21(2)13-14-8-6-7-9-15(14)24-4/h6-9H,5,10-13H2,1-4H3,(H,18,20)(H,19,22). The van der Waals surface area contributed by atoms with Crippen molar-refractivity contribution in [2.24, 2.45) is 4.99 Å². The van der Waals surface area contributed by atoms with Crippen molar-refractivity contribution in [1.82, 2.24) is 15.5 Å². The van der Waals surface area contributed by atoms with Crippen molar-refractivity contribution in [2.75, 3.05) is 47.5 Å². The van der Waals surface area contributed by atoms with Gasteiger partial charge in [-0.15, -0.1) is 0 Å². The minimum Gasteiger partial charge on any atom is -0.496 e. The molecule has 0 saturated heterocycles. The number of carbonyl (C=O) groups excluding carboxylic acids is 1. The van der Waals surface area contributed by atoms with Crippen molar-refractivity contribution in [3.63, 3.8) is 0 Å². The van der Waals surface area contributed by atoms with Gasteiger partial charge in [-0.2, -0.15) is 0 Å². The Morgan fingerprint density at radius 1 is 1.25 bits per heavy atom. The summed E-state index contributed by atoms with van der Waals surface area (Å²) in [6, 6.07) is 7.85. The number of rotatable bonds is 9. The zero-order valence-corrected chi connectivity index (χ0v) is 15.0. The van der Waals surface area contributed by atoms with Gasteiger partial charge in [-0.05, 0) is 13.0 Å². The third-order valence-electron chi connectivity index (χ3n) is 3.30. The van der Waals surface area contributed by atoms with Crippen molar-refractivity contribution in [3.05, 3.63) is 29.8 Å². The van der Waals surface area contributed by atoms with Crippen LogP contribution >= 0.6 is 0 Å². The summed E-state index contributed by atoms with van der Waals surface area (Å²) in [6.45, 7) is 4.39. The topological polar surface area (TPSA) is 75.2 Å². The molecule has 0 radical (unpaired) electrons. The minimum atomic E-state index is -0.131. The Hall–Kier alpha value is -2.28. The first kappa shape index (κ1) is 19.8. The Morgan fingerprint density at radius 2 is 2.00 bits per heavy atom. The third kappa shape index (κ3) is 6.87. The van der Waals surface area contributed by atoms with E-state index in [-0.39, 0.29) is 12.5 Å². The molecule has 134 valence electrons. The van der Waals surface area contributed by atoms with Crippen molar-refractivity contribution < 1.29 is 14.3 Å². The van der Waals surface area contributed by atoms with Crippen LogP contribution in [0.15, 0.2) is 29.3 Å². The van der Waals surface area contributed by atoms with Crippen LogP contribution in [0.4, 0.5) is 0 Å². The van der Waals surface area contributed by atoms with E-state index in [1.807, 2.05) is 43.1 Å². The van der Waals surface area contributed by atoms with E-state index in [9.17, 15) is 4.79 Å². The number of carbonyl (C=O) groups is 1. The molecule has 0 aliphatic rings. The number of nitrogens with one attached hydrogen (secondary N) is 2. The van der Waals surface area contributed by atoms with Crippen molar-refractivity contribution in [2.45, 2.75) is 13.5 Å². The Morgan fingerprint density at radius 3 is 2.67 bits per heavy atom. The molecule has 0 unspecified atom stereocenters. The molecule has 0 bridgehead atoms. The molecule has 1 amide bonds. The van der Waals surface area contributed by atoms with E-state index in [0.717, 1.165) is 17.9 Å². The van der Waals surface area contributed by atoms with Crippen LogP contribution in [0.2, 0.25) is 0 Å². The van der Waals surface area contributed by atoms with Gasteiger partial charge in [-0.1, -0.05) is 18.2 Å². The van der Waals surface area contributed by atoms with E-state index in [1.54, 1.807) is 14.2 Å². The van der Waals surface area contributed by atoms with Crippen molar-refractivity contribution in [1.29, 1.82) is 0 Å². The van der Waals surface area contributed by atoms with E-state index in [1.165, 1.54) is 0 Å². The molecule has 0 aromatic heterocycles. The molecule has 1 aromatic carbocycles. The van der Waals surface area contributed by atoms with Gasteiger partial charge in [0.25, 0.3) is 0 Å². The number of hydrogen-bond donors (Lipinski definition) is 2. The number of amides is 1. The molecule has 0 aliphatic carbocycles. The highest BCUT2D eigenvalue weighted by Gasteiger charge is 2.10. The van der Waals surface area contributed by atoms with Crippen LogP contribution in [0.25, 0.3) is 0 Å². The zero-order chi connectivity index (χ0) is 17.8. The van der Waals surface area contributed by atoms with Gasteiger partial charge in [0.15, 0.2) is 5.96 Å². The second kappa shape index (κ2) is 11.3. The lowest BCUT2D eigenvalue weighted by Gasteiger charge is -2.23. The summed E-state index contributed by atoms with van der Waals surface area (Å²) >= 11 is 0. The average molecular weight is 336 g/mol. The Bertz CT molecular complexity index is 534. The van der Waals surface area contributed by atoms with E-state index < -0.39 is 0 Å². The molecule has 0 aliphatic heterocycles. The second-order valence-corrected chi connectivity index (χ2v) is 5.18. The molecule has 2 N–H and O–H groups in total. The first-order chi connectivity index (χ1) is 11.6. The van der Waals surface area contributed by atoms with Crippen LogP contribution in [-0.4, -0.2) is 64.3 Å². The third-order valence-corrected chi connectivity index (χ3v) is 3.30. The van der Waals surface area contributed by atoms with Gasteiger partial charge in [0, 0.05) is 39.4 Å². The maximum absolute atomic E-state index is 11.8. The monoisotopic (exact) mass is 336 g/mol. The Kier molecular flexibility index (Phi) is 9.29. The number of nitrogens with zero attached hydrogens (tertiary/aromatic N) is 2. The number of para-hydroxylation sites is 1. The summed E-state index contributed by atoms with van der Waals surface area (Å²) in [6.07, 6.45) is 0. The fraction of sp³-hybridized carbons (Fsp3) is 0.529. The number of ether oxygens (including phenoxy) is 2. The minimum absolute atomic E-state index is 0.0717. The van der Waals surface area contributed by atoms with Crippen LogP contribution in [-0.2, 0) is 16.1 Å². The fourth-order valence-corrected chi connectivity index (χ4v) is 2.13. The highest BCUT2D eigenvalue weighted by Crippen LogP contribution is 2.18. The highest BCUT2D eigenvalue weighted by atomic mass is 16.5. The predicted molar refractivity (Wildman–Crippen MR) is 95.3 cm³/mol. The van der Waals surface area contributed by atoms with Crippen LogP contribution in [0.5, 0.6) is 5.75 Å². The molecule has 0 heterocycles. The lowest BCUT2D eigenvalue weighted by Crippen LogP contribution is -2.39. The largest absolute Gasteiger partial charge is 0.496 e. The zero-order valence-electron chi connectivity index (χ0n) is 15.0. The van der Waals surface area contributed by atoms with Crippen molar-refractivity contribution in [3.8, 4) is 5.75 Å². The van der Waals surface area contributed by atoms with E-state index in [4.69, 9.17) is 9.47 Å². The quantitative estimate of drug-likeness (QED) is 0.397. The van der Waals surface area contributed by atoms with Crippen molar-refractivity contribution >= 4 is 11.9 Å². The van der Waals surface area contributed by atoms with Crippen LogP contribution in [0.3, 0.4) is 0 Å². The lowest BCUT2D eigenvalue weighted by molar-refractivity contribution is -0.119. The van der Waals surface area contributed by atoms with Gasteiger partial charge in [0.05, 0.1) is 13.7 Å². The van der Waals surface area contributed by atoms with Gasteiger partial charge in [-0.25, -0.2) is 4.99 Å². The predicted octanol–water partition coefficient (Wildman–Crippen LogP) is 0.855. The van der Waals surface area contributed by atoms with E-state index in [2.05, 4.69) is 15.6 Å². The van der Waals surface area contributed by atoms with Gasteiger partial charge in [0.2, 0.25) is 5.91 Å². The first-order valence-corrected chi connectivity index (χ1v) is 7.99. The summed E-state index contributed by atoms with van der Waals surface area (Å²) in [5, 5.41) is 5.94. The van der Waals surface area contributed by atoms with Gasteiger partial charge >= 0.3 is 0 Å². The molecule has 0 spiro atoms. The normalized spacial score (nSPS) is 11.1. The molecule has 7 heteroatoms. The fourth-order valence-electron chi connectivity index (χ4n) is 2.13. The molecule has 0 fully saturated rings. The van der Waals surface area contributed by atoms with E-state index >= 15 is 0 Å². The molecule has 0 saturated carbocycles. The first-order valence-electron chi connectivity index (χ1n) is 7.99. The molecule has 1 aromatic rings. The summed E-state index contributed by atoms with van der Waals surface area (Å²) in [7, 11) is 5.18. The highest BCUT2D eigenvalue weighted by molar-refractivity contribution is 5.84. The molecule has 7 nitrogen and oxygen atoms in total.